The molecule has 0 spiro atoms. The van der Waals surface area contributed by atoms with Gasteiger partial charge in [0, 0.05) is 18.0 Å². The molecule has 5 heteroatoms. The van der Waals surface area contributed by atoms with Gasteiger partial charge < -0.3 is 9.90 Å². The van der Waals surface area contributed by atoms with E-state index in [-0.39, 0.29) is 35.1 Å². The zero-order valence-corrected chi connectivity index (χ0v) is 10.8. The first-order valence-corrected chi connectivity index (χ1v) is 4.36. The quantitative estimate of drug-likeness (QED) is 0.527. The van der Waals surface area contributed by atoms with E-state index in [1.165, 1.54) is 12.3 Å². The molecule has 0 fully saturated rings. The first kappa shape index (κ1) is 12.8. The van der Waals surface area contributed by atoms with Crippen LogP contribution in [0.25, 0.3) is 11.4 Å². The summed E-state index contributed by atoms with van der Waals surface area (Å²) in [5, 5.41) is 10.5. The van der Waals surface area contributed by atoms with Crippen LogP contribution in [-0.2, 0) is 0 Å². The fraction of sp³-hybridized carbons (Fsp3) is 0. The number of aromatic carboxylic acids is 1. The number of nitrogens with zero attached hydrogens (tertiary/aromatic N) is 2. The van der Waals surface area contributed by atoms with Crippen LogP contribution in [0.4, 0.5) is 0 Å². The molecule has 0 aliphatic heterocycles. The molecule has 0 N–H and O–H groups in total. The van der Waals surface area contributed by atoms with Crippen molar-refractivity contribution in [3.63, 3.8) is 0 Å². The number of rotatable bonds is 2. The summed E-state index contributed by atoms with van der Waals surface area (Å²) < 4.78 is 0. The van der Waals surface area contributed by atoms with E-state index in [9.17, 15) is 9.90 Å². The summed E-state index contributed by atoms with van der Waals surface area (Å²) in [6.07, 6.45) is 2.92. The molecule has 0 amide bonds. The Hall–Kier alpha value is -1.23. The summed E-state index contributed by atoms with van der Waals surface area (Å²) in [4.78, 5) is 18.6. The molecular weight excluding hydrogens is 215 g/mol. The second kappa shape index (κ2) is 5.75. The Morgan fingerprint density at radius 1 is 1.06 bits per heavy atom. The van der Waals surface area contributed by atoms with Crippen LogP contribution >= 0.6 is 0 Å². The number of aromatic nitrogens is 2. The Balaban J connectivity index is 0.00000128. The predicted molar refractivity (Wildman–Crippen MR) is 51.8 cm³/mol. The third kappa shape index (κ3) is 2.88. The maximum Gasteiger partial charge on any atom is 1.00 e. The second-order valence-corrected chi connectivity index (χ2v) is 2.93. The smallest absolute Gasteiger partial charge is 0.545 e. The van der Waals surface area contributed by atoms with Crippen LogP contribution in [0.2, 0.25) is 0 Å². The van der Waals surface area contributed by atoms with Gasteiger partial charge in [0.1, 0.15) is 0 Å². The van der Waals surface area contributed by atoms with Crippen molar-refractivity contribution in [3.8, 4) is 11.4 Å². The van der Waals surface area contributed by atoms with Crippen LogP contribution < -0.4 is 34.7 Å². The normalized spacial score (nSPS) is 9.25. The van der Waals surface area contributed by atoms with Crippen molar-refractivity contribution in [1.29, 1.82) is 0 Å². The van der Waals surface area contributed by atoms with Crippen LogP contribution in [0.15, 0.2) is 42.7 Å². The molecule has 0 aliphatic carbocycles. The fourth-order valence-electron chi connectivity index (χ4n) is 1.18. The molecule has 0 saturated carbocycles. The first-order valence-electron chi connectivity index (χ1n) is 4.36. The van der Waals surface area contributed by atoms with Gasteiger partial charge in [0.2, 0.25) is 0 Å². The third-order valence-electron chi connectivity index (χ3n) is 1.93. The van der Waals surface area contributed by atoms with E-state index in [1.807, 2.05) is 6.07 Å². The topological polar surface area (TPSA) is 65.9 Å². The summed E-state index contributed by atoms with van der Waals surface area (Å²) in [5.41, 5.74) is 1.41. The van der Waals surface area contributed by atoms with Gasteiger partial charge >= 0.3 is 29.6 Å². The second-order valence-electron chi connectivity index (χ2n) is 2.93. The average Bonchev–Trinajstić information content (AvgIpc) is 2.30. The van der Waals surface area contributed by atoms with E-state index in [4.69, 9.17) is 0 Å². The molecule has 0 atom stereocenters. The van der Waals surface area contributed by atoms with E-state index >= 15 is 0 Å². The van der Waals surface area contributed by atoms with Crippen LogP contribution in [-0.4, -0.2) is 15.9 Å². The van der Waals surface area contributed by atoms with Gasteiger partial charge in [-0.05, 0) is 24.3 Å². The SMILES string of the molecule is O=C([O-])c1ccc(-c2ccccn2)nc1.[Na+]. The molecule has 2 rings (SSSR count). The van der Waals surface area contributed by atoms with E-state index in [2.05, 4.69) is 9.97 Å². The van der Waals surface area contributed by atoms with Gasteiger partial charge in [0.15, 0.2) is 0 Å². The van der Waals surface area contributed by atoms with Crippen molar-refractivity contribution in [2.24, 2.45) is 0 Å². The van der Waals surface area contributed by atoms with Crippen molar-refractivity contribution in [2.75, 3.05) is 0 Å². The Labute approximate surface area is 115 Å². The summed E-state index contributed by atoms with van der Waals surface area (Å²) in [5.74, 6) is -1.23. The number of hydrogen-bond acceptors (Lipinski definition) is 4. The van der Waals surface area contributed by atoms with Gasteiger partial charge in [-0.2, -0.15) is 0 Å². The van der Waals surface area contributed by atoms with Gasteiger partial charge in [0.05, 0.1) is 17.4 Å². The number of pyridine rings is 2. The van der Waals surface area contributed by atoms with Crippen molar-refractivity contribution in [3.05, 3.63) is 48.3 Å². The molecule has 2 heterocycles. The van der Waals surface area contributed by atoms with Crippen LogP contribution in [0.1, 0.15) is 10.4 Å². The molecule has 2 aromatic heterocycles. The minimum atomic E-state index is -1.23. The van der Waals surface area contributed by atoms with E-state index in [1.54, 1.807) is 24.4 Å². The molecule has 4 nitrogen and oxygen atoms in total. The average molecular weight is 222 g/mol. The largest absolute Gasteiger partial charge is 1.00 e. The minimum Gasteiger partial charge on any atom is -0.545 e. The van der Waals surface area contributed by atoms with Gasteiger partial charge in [-0.3, -0.25) is 9.97 Å². The van der Waals surface area contributed by atoms with E-state index < -0.39 is 5.97 Å². The molecule has 0 aliphatic rings. The van der Waals surface area contributed by atoms with Crippen LogP contribution in [0.3, 0.4) is 0 Å². The molecule has 0 unspecified atom stereocenters. The third-order valence-corrected chi connectivity index (χ3v) is 1.93. The maximum absolute atomic E-state index is 10.5. The number of hydrogen-bond donors (Lipinski definition) is 0. The van der Waals surface area contributed by atoms with Crippen molar-refractivity contribution >= 4 is 5.97 Å². The molecule has 0 aromatic carbocycles. The molecule has 0 radical (unpaired) electrons. The first-order chi connectivity index (χ1) is 7.27. The summed E-state index contributed by atoms with van der Waals surface area (Å²) >= 11 is 0. The zero-order valence-electron chi connectivity index (χ0n) is 8.75. The number of carbonyl (C=O) groups is 1. The van der Waals surface area contributed by atoms with E-state index in [0.717, 1.165) is 0 Å². The zero-order chi connectivity index (χ0) is 10.7. The van der Waals surface area contributed by atoms with Gasteiger partial charge in [-0.25, -0.2) is 0 Å². The van der Waals surface area contributed by atoms with Crippen molar-refractivity contribution in [2.45, 2.75) is 0 Å². The number of carboxylic acids is 1. The van der Waals surface area contributed by atoms with Gasteiger partial charge in [-0.1, -0.05) is 6.07 Å². The summed E-state index contributed by atoms with van der Waals surface area (Å²) in [7, 11) is 0. The Bertz CT molecular complexity index is 471. The van der Waals surface area contributed by atoms with Gasteiger partial charge in [0.25, 0.3) is 0 Å². The van der Waals surface area contributed by atoms with Crippen molar-refractivity contribution in [1.82, 2.24) is 9.97 Å². The maximum atomic E-state index is 10.5. The van der Waals surface area contributed by atoms with Crippen LogP contribution in [0.5, 0.6) is 0 Å². The predicted octanol–water partition coefficient (Wildman–Crippen LogP) is -2.49. The molecule has 0 bridgehead atoms. The number of carboxylic acid groups (broad SMARTS) is 1. The van der Waals surface area contributed by atoms with Crippen LogP contribution in [0, 0.1) is 0 Å². The fourth-order valence-corrected chi connectivity index (χ4v) is 1.18. The Morgan fingerprint density at radius 2 is 1.81 bits per heavy atom. The Kier molecular flexibility index (Phi) is 4.61. The standard InChI is InChI=1S/C11H8N2O2.Na/c14-11(15)8-4-5-10(13-7-8)9-3-1-2-6-12-9;/h1-7H,(H,14,15);/q;+1/p-1. The number of carbonyl (C=O) groups excluding carboxylic acids is 1. The summed E-state index contributed by atoms with van der Waals surface area (Å²) in [6, 6.07) is 8.51. The molecule has 16 heavy (non-hydrogen) atoms. The van der Waals surface area contributed by atoms with Gasteiger partial charge in [-0.15, -0.1) is 0 Å². The molecule has 74 valence electrons. The molecular formula is C11H7N2NaO2. The van der Waals surface area contributed by atoms with E-state index in [0.29, 0.717) is 11.4 Å². The minimum absolute atomic E-state index is 0. The Morgan fingerprint density at radius 3 is 2.31 bits per heavy atom. The van der Waals surface area contributed by atoms with Crippen molar-refractivity contribution < 1.29 is 39.5 Å². The molecule has 0 saturated heterocycles. The molecule has 2 aromatic rings. The monoisotopic (exact) mass is 222 g/mol. The summed E-state index contributed by atoms with van der Waals surface area (Å²) in [6.45, 7) is 0.